The number of thiazole rings is 1. The van der Waals surface area contributed by atoms with Gasteiger partial charge in [-0.3, -0.25) is 5.10 Å². The van der Waals surface area contributed by atoms with Crippen molar-refractivity contribution in [3.63, 3.8) is 0 Å². The number of benzene rings is 1. The number of rotatable bonds is 3. The zero-order valence-electron chi connectivity index (χ0n) is 10.3. The Morgan fingerprint density at radius 2 is 2.28 bits per heavy atom. The Hall–Kier alpha value is -1.88. The maximum absolute atomic E-state index is 4.51. The number of nitrogens with one attached hydrogen (secondary N) is 2. The second-order valence-electron chi connectivity index (χ2n) is 4.29. The minimum atomic E-state index is 0.190. The molecule has 92 valence electrons. The lowest BCUT2D eigenvalue weighted by molar-refractivity contribution is 0.847. The fraction of sp³-hybridized carbons (Fsp3) is 0.231. The maximum Gasteiger partial charge on any atom is 0.0898 e. The van der Waals surface area contributed by atoms with E-state index in [9.17, 15) is 0 Å². The molecule has 4 nitrogen and oxygen atoms in total. The predicted molar refractivity (Wildman–Crippen MR) is 75.0 cm³/mol. The number of nitrogens with zero attached hydrogens (tertiary/aromatic N) is 2. The third-order valence-corrected chi connectivity index (χ3v) is 3.73. The van der Waals surface area contributed by atoms with Crippen molar-refractivity contribution in [2.75, 3.05) is 5.32 Å². The summed E-state index contributed by atoms with van der Waals surface area (Å²) in [6.07, 6.45) is 1.84. The first-order valence-corrected chi connectivity index (χ1v) is 6.72. The summed E-state index contributed by atoms with van der Waals surface area (Å²) in [5, 5.41) is 14.8. The monoisotopic (exact) mass is 258 g/mol. The van der Waals surface area contributed by atoms with E-state index in [1.54, 1.807) is 11.3 Å². The van der Waals surface area contributed by atoms with E-state index >= 15 is 0 Å². The Morgan fingerprint density at radius 3 is 3.06 bits per heavy atom. The van der Waals surface area contributed by atoms with Gasteiger partial charge >= 0.3 is 0 Å². The molecule has 0 amide bonds. The van der Waals surface area contributed by atoms with Gasteiger partial charge in [0.2, 0.25) is 0 Å². The Labute approximate surface area is 109 Å². The smallest absolute Gasteiger partial charge is 0.0898 e. The first-order valence-electron chi connectivity index (χ1n) is 5.84. The number of aromatic nitrogens is 3. The van der Waals surface area contributed by atoms with Gasteiger partial charge in [-0.05, 0) is 26.0 Å². The van der Waals surface area contributed by atoms with Crippen LogP contribution in [0.5, 0.6) is 0 Å². The summed E-state index contributed by atoms with van der Waals surface area (Å²) in [5.41, 5.74) is 3.21. The van der Waals surface area contributed by atoms with Crippen LogP contribution in [0.25, 0.3) is 10.9 Å². The molecule has 0 aliphatic heterocycles. The van der Waals surface area contributed by atoms with Crippen LogP contribution in [0.1, 0.15) is 23.7 Å². The summed E-state index contributed by atoms with van der Waals surface area (Å²) >= 11 is 1.68. The van der Waals surface area contributed by atoms with Crippen LogP contribution in [0.2, 0.25) is 0 Å². The van der Waals surface area contributed by atoms with Crippen molar-refractivity contribution in [1.29, 1.82) is 0 Å². The van der Waals surface area contributed by atoms with Gasteiger partial charge in [-0.25, -0.2) is 4.98 Å². The van der Waals surface area contributed by atoms with Gasteiger partial charge < -0.3 is 5.32 Å². The van der Waals surface area contributed by atoms with Crippen LogP contribution in [-0.2, 0) is 0 Å². The third kappa shape index (κ3) is 1.97. The number of anilines is 1. The molecule has 2 heterocycles. The molecule has 3 rings (SSSR count). The van der Waals surface area contributed by atoms with Crippen LogP contribution < -0.4 is 5.32 Å². The molecular weight excluding hydrogens is 244 g/mol. The van der Waals surface area contributed by atoms with Crippen LogP contribution in [0.3, 0.4) is 0 Å². The zero-order chi connectivity index (χ0) is 12.5. The highest BCUT2D eigenvalue weighted by Crippen LogP contribution is 2.26. The number of hydrogen-bond donors (Lipinski definition) is 2. The Balaban J connectivity index is 1.90. The topological polar surface area (TPSA) is 53.6 Å². The summed E-state index contributed by atoms with van der Waals surface area (Å²) in [6, 6.07) is 6.29. The molecule has 0 spiro atoms. The van der Waals surface area contributed by atoms with Crippen molar-refractivity contribution >= 4 is 27.9 Å². The number of H-pyrrole nitrogens is 1. The molecule has 2 N–H and O–H groups in total. The molecule has 1 aromatic carbocycles. The Morgan fingerprint density at radius 1 is 1.39 bits per heavy atom. The molecule has 0 aliphatic carbocycles. The minimum absolute atomic E-state index is 0.190. The van der Waals surface area contributed by atoms with Gasteiger partial charge in [0.25, 0.3) is 0 Å². The first-order chi connectivity index (χ1) is 8.74. The maximum atomic E-state index is 4.51. The minimum Gasteiger partial charge on any atom is -0.376 e. The van der Waals surface area contributed by atoms with E-state index in [4.69, 9.17) is 0 Å². The van der Waals surface area contributed by atoms with Crippen molar-refractivity contribution in [1.82, 2.24) is 15.2 Å². The molecule has 18 heavy (non-hydrogen) atoms. The van der Waals surface area contributed by atoms with Gasteiger partial charge in [0.15, 0.2) is 0 Å². The Bertz CT molecular complexity index is 670. The number of fused-ring (bicyclic) bond motifs is 1. The van der Waals surface area contributed by atoms with E-state index in [1.807, 2.05) is 25.3 Å². The molecule has 0 saturated carbocycles. The molecule has 0 saturated heterocycles. The van der Waals surface area contributed by atoms with Crippen molar-refractivity contribution < 1.29 is 0 Å². The Kier molecular flexibility index (Phi) is 2.76. The second kappa shape index (κ2) is 4.42. The summed E-state index contributed by atoms with van der Waals surface area (Å²) in [5.74, 6) is 0. The van der Waals surface area contributed by atoms with Crippen LogP contribution in [0, 0.1) is 6.92 Å². The van der Waals surface area contributed by atoms with Gasteiger partial charge in [-0.1, -0.05) is 6.07 Å². The molecular formula is C13H14N4S. The van der Waals surface area contributed by atoms with Gasteiger partial charge in [-0.15, -0.1) is 11.3 Å². The van der Waals surface area contributed by atoms with E-state index in [-0.39, 0.29) is 6.04 Å². The van der Waals surface area contributed by atoms with E-state index in [0.29, 0.717) is 0 Å². The lowest BCUT2D eigenvalue weighted by Crippen LogP contribution is -2.07. The van der Waals surface area contributed by atoms with E-state index in [2.05, 4.69) is 38.9 Å². The van der Waals surface area contributed by atoms with Gasteiger partial charge in [0.05, 0.1) is 28.5 Å². The summed E-state index contributed by atoms with van der Waals surface area (Å²) < 4.78 is 0. The molecule has 0 radical (unpaired) electrons. The first kappa shape index (κ1) is 11.2. The summed E-state index contributed by atoms with van der Waals surface area (Å²) in [6.45, 7) is 4.14. The molecule has 5 heteroatoms. The normalized spacial score (nSPS) is 12.8. The average molecular weight is 258 g/mol. The van der Waals surface area contributed by atoms with Crippen molar-refractivity contribution in [3.05, 3.63) is 40.5 Å². The molecule has 1 atom stereocenters. The highest BCUT2D eigenvalue weighted by atomic mass is 32.1. The average Bonchev–Trinajstić information content (AvgIpc) is 2.97. The highest BCUT2D eigenvalue weighted by molar-refractivity contribution is 7.09. The van der Waals surface area contributed by atoms with E-state index in [1.165, 1.54) is 0 Å². The van der Waals surface area contributed by atoms with Crippen LogP contribution in [0.4, 0.5) is 5.69 Å². The van der Waals surface area contributed by atoms with Crippen molar-refractivity contribution in [2.24, 2.45) is 0 Å². The van der Waals surface area contributed by atoms with Crippen LogP contribution in [0.15, 0.2) is 29.8 Å². The summed E-state index contributed by atoms with van der Waals surface area (Å²) in [7, 11) is 0. The number of aromatic amines is 1. The molecule has 0 fully saturated rings. The second-order valence-corrected chi connectivity index (χ2v) is 5.36. The lowest BCUT2D eigenvalue weighted by Gasteiger charge is -2.13. The largest absolute Gasteiger partial charge is 0.376 e. The van der Waals surface area contributed by atoms with E-state index < -0.39 is 0 Å². The van der Waals surface area contributed by atoms with Crippen molar-refractivity contribution in [2.45, 2.75) is 19.9 Å². The zero-order valence-corrected chi connectivity index (χ0v) is 11.1. The van der Waals surface area contributed by atoms with Crippen molar-refractivity contribution in [3.8, 4) is 0 Å². The highest BCUT2D eigenvalue weighted by Gasteiger charge is 2.10. The molecule has 2 aromatic heterocycles. The van der Waals surface area contributed by atoms with Gasteiger partial charge in [0, 0.05) is 16.5 Å². The quantitative estimate of drug-likeness (QED) is 0.756. The number of hydrogen-bond acceptors (Lipinski definition) is 4. The fourth-order valence-electron chi connectivity index (χ4n) is 1.98. The SMILES string of the molecule is Cc1nc(C(C)Nc2cccc3[nH]ncc23)cs1. The summed E-state index contributed by atoms with van der Waals surface area (Å²) in [4.78, 5) is 4.51. The van der Waals surface area contributed by atoms with Crippen LogP contribution in [-0.4, -0.2) is 15.2 Å². The predicted octanol–water partition coefficient (Wildman–Crippen LogP) is 3.50. The molecule has 1 unspecified atom stereocenters. The standard InChI is InChI=1S/C13H14N4S/c1-8(13-7-18-9(2)16-13)15-11-4-3-5-12-10(11)6-14-17-12/h3-8,15H,1-2H3,(H,14,17). The molecule has 0 aliphatic rings. The molecule has 3 aromatic rings. The number of aryl methyl sites for hydroxylation is 1. The van der Waals surface area contributed by atoms with Crippen LogP contribution >= 0.6 is 11.3 Å². The fourth-order valence-corrected chi connectivity index (χ4v) is 2.69. The molecule has 0 bridgehead atoms. The van der Waals surface area contributed by atoms with E-state index in [0.717, 1.165) is 27.3 Å². The van der Waals surface area contributed by atoms with Gasteiger partial charge in [-0.2, -0.15) is 5.10 Å². The third-order valence-electron chi connectivity index (χ3n) is 2.94. The lowest BCUT2D eigenvalue weighted by atomic mass is 10.2. The van der Waals surface area contributed by atoms with Gasteiger partial charge in [0.1, 0.15) is 0 Å².